The summed E-state index contributed by atoms with van der Waals surface area (Å²) in [5.74, 6) is 0.672. The fourth-order valence-electron chi connectivity index (χ4n) is 0.979. The first-order chi connectivity index (χ1) is 5.47. The van der Waals surface area contributed by atoms with Crippen LogP contribution in [0, 0.1) is 0 Å². The Morgan fingerprint density at radius 1 is 1.33 bits per heavy atom. The first kappa shape index (κ1) is 9.33. The van der Waals surface area contributed by atoms with E-state index in [0.29, 0.717) is 12.5 Å². The van der Waals surface area contributed by atoms with Crippen molar-refractivity contribution in [3.8, 4) is 0 Å². The van der Waals surface area contributed by atoms with E-state index >= 15 is 0 Å². The summed E-state index contributed by atoms with van der Waals surface area (Å²) in [5.41, 5.74) is 0.824. The van der Waals surface area contributed by atoms with Crippen LogP contribution in [0.5, 0.6) is 0 Å². The zero-order valence-corrected chi connectivity index (χ0v) is 8.00. The first-order valence-corrected chi connectivity index (χ1v) is 3.55. The van der Waals surface area contributed by atoms with Gasteiger partial charge < -0.3 is 4.74 Å². The molecular formula is C8H8N2ORh. The predicted molar refractivity (Wildman–Crippen MR) is 41.6 cm³/mol. The molecule has 0 unspecified atom stereocenters. The van der Waals surface area contributed by atoms with Crippen LogP contribution in [0.3, 0.4) is 0 Å². The second kappa shape index (κ2) is 4.31. The van der Waals surface area contributed by atoms with Gasteiger partial charge in [-0.2, -0.15) is 0 Å². The minimum Gasteiger partial charge on any atom is -0.474 e. The average Bonchev–Trinajstić information content (AvgIpc) is 2.58. The van der Waals surface area contributed by atoms with Gasteiger partial charge >= 0.3 is 0 Å². The quantitative estimate of drug-likeness (QED) is 0.693. The van der Waals surface area contributed by atoms with Crippen molar-refractivity contribution in [2.45, 2.75) is 0 Å². The third kappa shape index (κ3) is 1.89. The van der Waals surface area contributed by atoms with E-state index < -0.39 is 0 Å². The predicted octanol–water partition coefficient (Wildman–Crippen LogP) is 0.856. The summed E-state index contributed by atoms with van der Waals surface area (Å²) < 4.78 is 5.23. The van der Waals surface area contributed by atoms with E-state index in [4.69, 9.17) is 4.74 Å². The van der Waals surface area contributed by atoms with Crippen LogP contribution >= 0.6 is 0 Å². The molecule has 0 spiro atoms. The van der Waals surface area contributed by atoms with Crippen LogP contribution in [0.25, 0.3) is 0 Å². The van der Waals surface area contributed by atoms with Gasteiger partial charge in [-0.05, 0) is 12.1 Å². The van der Waals surface area contributed by atoms with Gasteiger partial charge in [-0.15, -0.1) is 0 Å². The molecule has 65 valence electrons. The van der Waals surface area contributed by atoms with E-state index in [9.17, 15) is 0 Å². The van der Waals surface area contributed by atoms with Crippen LogP contribution < -0.4 is 0 Å². The number of aromatic nitrogens is 1. The van der Waals surface area contributed by atoms with Crippen molar-refractivity contribution in [3.63, 3.8) is 0 Å². The molecule has 0 saturated heterocycles. The Bertz CT molecular complexity index is 274. The van der Waals surface area contributed by atoms with E-state index in [2.05, 4.69) is 9.98 Å². The van der Waals surface area contributed by atoms with E-state index in [1.54, 1.807) is 6.20 Å². The van der Waals surface area contributed by atoms with Gasteiger partial charge in [0.15, 0.2) is 0 Å². The molecule has 0 N–H and O–H groups in total. The van der Waals surface area contributed by atoms with Gasteiger partial charge in [0.2, 0.25) is 5.90 Å². The molecule has 0 amide bonds. The third-order valence-corrected chi connectivity index (χ3v) is 1.47. The maximum atomic E-state index is 5.23. The van der Waals surface area contributed by atoms with Gasteiger partial charge in [0.05, 0.1) is 6.54 Å². The van der Waals surface area contributed by atoms with Gasteiger partial charge in [0.1, 0.15) is 12.3 Å². The van der Waals surface area contributed by atoms with Crippen molar-refractivity contribution < 1.29 is 24.2 Å². The number of pyridine rings is 1. The molecule has 1 aromatic rings. The molecule has 2 rings (SSSR count). The maximum absolute atomic E-state index is 5.23. The van der Waals surface area contributed by atoms with Gasteiger partial charge in [-0.1, -0.05) is 6.07 Å². The molecule has 1 aromatic heterocycles. The molecule has 3 nitrogen and oxygen atoms in total. The first-order valence-electron chi connectivity index (χ1n) is 3.55. The number of aliphatic imine (C=N–C) groups is 1. The standard InChI is InChI=1S/C8H8N2O.Rh/c1-2-4-9-7(3-1)8-10-5-6-11-8;/h1-4H,5-6H2;. The topological polar surface area (TPSA) is 34.5 Å². The molecule has 0 saturated carbocycles. The van der Waals surface area contributed by atoms with Crippen molar-refractivity contribution in [1.82, 2.24) is 4.98 Å². The second-order valence-electron chi connectivity index (χ2n) is 2.25. The van der Waals surface area contributed by atoms with Crippen LogP contribution in [0.1, 0.15) is 5.69 Å². The third-order valence-electron chi connectivity index (χ3n) is 1.47. The summed E-state index contributed by atoms with van der Waals surface area (Å²) in [6, 6.07) is 5.69. The average molecular weight is 251 g/mol. The van der Waals surface area contributed by atoms with Crippen LogP contribution in [-0.2, 0) is 24.2 Å². The summed E-state index contributed by atoms with van der Waals surface area (Å²) in [5, 5.41) is 0. The van der Waals surface area contributed by atoms with Gasteiger partial charge in [-0.3, -0.25) is 4.98 Å². The van der Waals surface area contributed by atoms with Crippen molar-refractivity contribution in [3.05, 3.63) is 30.1 Å². The Morgan fingerprint density at radius 3 is 2.83 bits per heavy atom. The molecule has 12 heavy (non-hydrogen) atoms. The molecule has 1 aliphatic rings. The number of hydrogen-bond acceptors (Lipinski definition) is 3. The van der Waals surface area contributed by atoms with Crippen LogP contribution in [0.4, 0.5) is 0 Å². The fraction of sp³-hybridized carbons (Fsp3) is 0.250. The summed E-state index contributed by atoms with van der Waals surface area (Å²) in [6.07, 6.45) is 1.74. The van der Waals surface area contributed by atoms with Gasteiger partial charge in [-0.25, -0.2) is 4.99 Å². The monoisotopic (exact) mass is 251 g/mol. The molecular weight excluding hydrogens is 243 g/mol. The minimum absolute atomic E-state index is 0. The summed E-state index contributed by atoms with van der Waals surface area (Å²) in [6.45, 7) is 1.44. The maximum Gasteiger partial charge on any atom is 0.235 e. The number of hydrogen-bond donors (Lipinski definition) is 0. The molecule has 0 atom stereocenters. The minimum atomic E-state index is 0. The fourth-order valence-corrected chi connectivity index (χ4v) is 0.979. The second-order valence-corrected chi connectivity index (χ2v) is 2.25. The normalized spacial score (nSPS) is 14.5. The number of ether oxygens (including phenoxy) is 1. The number of nitrogens with zero attached hydrogens (tertiary/aromatic N) is 2. The van der Waals surface area contributed by atoms with E-state index in [-0.39, 0.29) is 19.5 Å². The van der Waals surface area contributed by atoms with Crippen molar-refractivity contribution >= 4 is 5.90 Å². The Balaban J connectivity index is 0.000000720. The van der Waals surface area contributed by atoms with Crippen molar-refractivity contribution in [2.75, 3.05) is 13.2 Å². The van der Waals surface area contributed by atoms with Crippen LogP contribution in [0.15, 0.2) is 29.4 Å². The Kier molecular flexibility index (Phi) is 3.35. The Morgan fingerprint density at radius 2 is 2.25 bits per heavy atom. The summed E-state index contributed by atoms with van der Waals surface area (Å²) in [4.78, 5) is 8.24. The van der Waals surface area contributed by atoms with Crippen LogP contribution in [0.2, 0.25) is 0 Å². The summed E-state index contributed by atoms with van der Waals surface area (Å²) >= 11 is 0. The Hall–Kier alpha value is -0.757. The smallest absolute Gasteiger partial charge is 0.235 e. The molecule has 0 bridgehead atoms. The van der Waals surface area contributed by atoms with Crippen molar-refractivity contribution in [2.24, 2.45) is 4.99 Å². The zero-order valence-electron chi connectivity index (χ0n) is 6.36. The molecule has 4 heteroatoms. The Labute approximate surface area is 83.6 Å². The van der Waals surface area contributed by atoms with E-state index in [0.717, 1.165) is 12.2 Å². The van der Waals surface area contributed by atoms with Crippen LogP contribution in [-0.4, -0.2) is 24.0 Å². The molecule has 2 heterocycles. The molecule has 0 fully saturated rings. The van der Waals surface area contributed by atoms with E-state index in [1.165, 1.54) is 0 Å². The van der Waals surface area contributed by atoms with Gasteiger partial charge in [0, 0.05) is 25.7 Å². The SMILES string of the molecule is [Rh].c1ccc(C2=NCCO2)nc1. The molecule has 1 radical (unpaired) electrons. The molecule has 0 aromatic carbocycles. The van der Waals surface area contributed by atoms with E-state index in [1.807, 2.05) is 18.2 Å². The largest absolute Gasteiger partial charge is 0.474 e. The van der Waals surface area contributed by atoms with Crippen molar-refractivity contribution in [1.29, 1.82) is 0 Å². The summed E-state index contributed by atoms with van der Waals surface area (Å²) in [7, 11) is 0. The number of rotatable bonds is 1. The molecule has 1 aliphatic heterocycles. The van der Waals surface area contributed by atoms with Gasteiger partial charge in [0.25, 0.3) is 0 Å². The molecule has 0 aliphatic carbocycles. The zero-order chi connectivity index (χ0) is 7.52.